The molecule has 61 heavy (non-hydrogen) atoms. The van der Waals surface area contributed by atoms with Gasteiger partial charge < -0.3 is 4.40 Å². The second-order valence-corrected chi connectivity index (χ2v) is 15.5. The number of pyridine rings is 2. The zero-order chi connectivity index (χ0) is 40.3. The number of hydrogen-bond acceptors (Lipinski definition) is 4. The number of aromatic nitrogens is 5. The first kappa shape index (κ1) is 34.7. The van der Waals surface area contributed by atoms with Crippen LogP contribution in [0.1, 0.15) is 0 Å². The molecule has 8 aromatic carbocycles. The summed E-state index contributed by atoms with van der Waals surface area (Å²) in [6, 6.07) is 70.3. The van der Waals surface area contributed by atoms with Crippen LogP contribution in [0.15, 0.2) is 213 Å². The molecular formula is C56H35N5. The van der Waals surface area contributed by atoms with Crippen molar-refractivity contribution in [3.8, 4) is 67.5 Å². The van der Waals surface area contributed by atoms with Crippen LogP contribution in [0.2, 0.25) is 0 Å². The first-order valence-electron chi connectivity index (χ1n) is 20.5. The van der Waals surface area contributed by atoms with Crippen LogP contribution in [-0.4, -0.2) is 24.3 Å². The third kappa shape index (κ3) is 6.19. The van der Waals surface area contributed by atoms with Gasteiger partial charge in [-0.2, -0.15) is 0 Å². The summed E-state index contributed by atoms with van der Waals surface area (Å²) in [6.45, 7) is 0. The SMILES string of the molecule is c1ccc(-c2cn3ccc4c(-c5ccc(-c6ccc(-c7nc(-c8ccc9ccccc9c8)cc(-c8ccc9ccccc9c8)n7)cc6)cc5)nc5ccccc5c4c3n2)cc1. The number of nitrogens with zero attached hydrogens (tertiary/aromatic N) is 5. The molecule has 5 nitrogen and oxygen atoms in total. The summed E-state index contributed by atoms with van der Waals surface area (Å²) in [6.07, 6.45) is 4.20. The highest BCUT2D eigenvalue weighted by Crippen LogP contribution is 2.37. The predicted octanol–water partition coefficient (Wildman–Crippen LogP) is 14.1. The Labute approximate surface area is 351 Å². The molecule has 12 rings (SSSR count). The second kappa shape index (κ2) is 14.2. The summed E-state index contributed by atoms with van der Waals surface area (Å²) in [5.74, 6) is 0.687. The van der Waals surface area contributed by atoms with Crippen LogP contribution in [0.5, 0.6) is 0 Å². The first-order valence-corrected chi connectivity index (χ1v) is 20.5. The number of fused-ring (bicyclic) bond motifs is 7. The zero-order valence-corrected chi connectivity index (χ0v) is 32.9. The van der Waals surface area contributed by atoms with E-state index < -0.39 is 0 Å². The largest absolute Gasteiger partial charge is 0.306 e. The van der Waals surface area contributed by atoms with E-state index in [1.807, 2.05) is 12.1 Å². The smallest absolute Gasteiger partial charge is 0.160 e. The molecule has 12 aromatic rings. The molecule has 0 spiro atoms. The van der Waals surface area contributed by atoms with Gasteiger partial charge in [0.05, 0.1) is 28.3 Å². The number of rotatable bonds is 6. The van der Waals surface area contributed by atoms with Gasteiger partial charge >= 0.3 is 0 Å². The van der Waals surface area contributed by atoms with Crippen LogP contribution >= 0.6 is 0 Å². The van der Waals surface area contributed by atoms with Crippen molar-refractivity contribution in [3.63, 3.8) is 0 Å². The van der Waals surface area contributed by atoms with E-state index in [1.54, 1.807) is 0 Å². The van der Waals surface area contributed by atoms with Crippen LogP contribution in [-0.2, 0) is 0 Å². The zero-order valence-electron chi connectivity index (χ0n) is 32.9. The van der Waals surface area contributed by atoms with Gasteiger partial charge in [-0.05, 0) is 63.0 Å². The third-order valence-corrected chi connectivity index (χ3v) is 11.8. The highest BCUT2D eigenvalue weighted by atomic mass is 15.0. The Kier molecular flexibility index (Phi) is 8.10. The van der Waals surface area contributed by atoms with Gasteiger partial charge in [0.2, 0.25) is 0 Å². The number of para-hydroxylation sites is 1. The van der Waals surface area contributed by atoms with Crippen molar-refractivity contribution in [2.24, 2.45) is 0 Å². The summed E-state index contributed by atoms with van der Waals surface area (Å²) in [4.78, 5) is 20.7. The summed E-state index contributed by atoms with van der Waals surface area (Å²) in [7, 11) is 0. The van der Waals surface area contributed by atoms with Crippen molar-refractivity contribution in [2.45, 2.75) is 0 Å². The van der Waals surface area contributed by atoms with E-state index >= 15 is 0 Å². The average molecular weight is 778 g/mol. The van der Waals surface area contributed by atoms with Gasteiger partial charge in [0.15, 0.2) is 5.82 Å². The van der Waals surface area contributed by atoms with Crippen molar-refractivity contribution in [3.05, 3.63) is 213 Å². The molecule has 284 valence electrons. The Morgan fingerprint density at radius 1 is 0.328 bits per heavy atom. The normalized spacial score (nSPS) is 11.6. The average Bonchev–Trinajstić information content (AvgIpc) is 3.79. The monoisotopic (exact) mass is 777 g/mol. The molecule has 0 bridgehead atoms. The molecule has 0 amide bonds. The standard InChI is InChI=1S/C56H35N5/c1-2-12-40(13-3-1)52-35-61-31-30-48-53(56(61)60-52)47-16-8-9-17-49(47)57-54(48)41-24-18-38(19-25-41)39-20-26-42(27-21-39)55-58-50(45-28-22-36-10-4-6-14-43(36)32-45)34-51(59-55)46-29-23-37-11-5-7-15-44(37)33-46/h1-35H. The van der Waals surface area contributed by atoms with E-state index in [9.17, 15) is 0 Å². The topological polar surface area (TPSA) is 56.0 Å². The van der Waals surface area contributed by atoms with E-state index in [4.69, 9.17) is 19.9 Å². The van der Waals surface area contributed by atoms with Gasteiger partial charge in [-0.15, -0.1) is 0 Å². The molecule has 0 aliphatic carbocycles. The molecule has 0 unspecified atom stereocenters. The van der Waals surface area contributed by atoms with E-state index in [1.165, 1.54) is 21.5 Å². The lowest BCUT2D eigenvalue weighted by atomic mass is 9.98. The van der Waals surface area contributed by atoms with Crippen LogP contribution in [0, 0.1) is 0 Å². The van der Waals surface area contributed by atoms with Gasteiger partial charge in [0, 0.05) is 56.4 Å². The maximum Gasteiger partial charge on any atom is 0.160 e. The minimum Gasteiger partial charge on any atom is -0.306 e. The van der Waals surface area contributed by atoms with E-state index in [0.29, 0.717) is 5.82 Å². The van der Waals surface area contributed by atoms with Gasteiger partial charge in [-0.25, -0.2) is 19.9 Å². The molecule has 4 aromatic heterocycles. The number of hydrogen-bond donors (Lipinski definition) is 0. The van der Waals surface area contributed by atoms with E-state index in [-0.39, 0.29) is 0 Å². The molecule has 4 heterocycles. The van der Waals surface area contributed by atoms with Crippen molar-refractivity contribution in [2.75, 3.05) is 0 Å². The summed E-state index contributed by atoms with van der Waals surface area (Å²) >= 11 is 0. The predicted molar refractivity (Wildman–Crippen MR) is 251 cm³/mol. The molecule has 0 aliphatic heterocycles. The maximum absolute atomic E-state index is 5.23. The van der Waals surface area contributed by atoms with Crippen LogP contribution < -0.4 is 0 Å². The Balaban J connectivity index is 0.910. The summed E-state index contributed by atoms with van der Waals surface area (Å²) < 4.78 is 2.13. The highest BCUT2D eigenvalue weighted by Gasteiger charge is 2.17. The quantitative estimate of drug-likeness (QED) is 0.158. The van der Waals surface area contributed by atoms with E-state index in [2.05, 4.69) is 205 Å². The molecule has 0 radical (unpaired) electrons. The molecule has 0 atom stereocenters. The first-order chi connectivity index (χ1) is 30.2. The van der Waals surface area contributed by atoms with Crippen molar-refractivity contribution < 1.29 is 0 Å². The Hall–Kier alpha value is -8.28. The summed E-state index contributed by atoms with van der Waals surface area (Å²) in [5, 5.41) is 8.02. The fourth-order valence-electron chi connectivity index (χ4n) is 8.65. The lowest BCUT2D eigenvalue weighted by Crippen LogP contribution is -1.96. The molecular weight excluding hydrogens is 743 g/mol. The lowest BCUT2D eigenvalue weighted by molar-refractivity contribution is 1.18. The molecule has 0 saturated carbocycles. The minimum absolute atomic E-state index is 0.687. The van der Waals surface area contributed by atoms with Crippen molar-refractivity contribution in [1.82, 2.24) is 24.3 Å². The minimum atomic E-state index is 0.687. The van der Waals surface area contributed by atoms with E-state index in [0.717, 1.165) is 89.0 Å². The van der Waals surface area contributed by atoms with Crippen LogP contribution in [0.25, 0.3) is 116 Å². The molecule has 0 N–H and O–H groups in total. The highest BCUT2D eigenvalue weighted by molar-refractivity contribution is 6.16. The maximum atomic E-state index is 5.23. The lowest BCUT2D eigenvalue weighted by Gasteiger charge is -2.12. The number of benzene rings is 8. The Bertz CT molecular complexity index is 3530. The molecule has 5 heteroatoms. The van der Waals surface area contributed by atoms with Gasteiger partial charge in [-0.3, -0.25) is 0 Å². The van der Waals surface area contributed by atoms with Crippen molar-refractivity contribution >= 4 is 48.9 Å². The molecule has 0 fully saturated rings. The third-order valence-electron chi connectivity index (χ3n) is 11.8. The fourth-order valence-corrected chi connectivity index (χ4v) is 8.65. The van der Waals surface area contributed by atoms with Crippen LogP contribution in [0.3, 0.4) is 0 Å². The fraction of sp³-hybridized carbons (Fsp3) is 0. The van der Waals surface area contributed by atoms with Crippen molar-refractivity contribution in [1.29, 1.82) is 0 Å². The van der Waals surface area contributed by atoms with Gasteiger partial charge in [-0.1, -0.05) is 170 Å². The molecule has 0 saturated heterocycles. The molecule has 0 aliphatic rings. The van der Waals surface area contributed by atoms with Crippen LogP contribution in [0.4, 0.5) is 0 Å². The Morgan fingerprint density at radius 3 is 1.52 bits per heavy atom. The van der Waals surface area contributed by atoms with Gasteiger partial charge in [0.25, 0.3) is 0 Å². The number of imidazole rings is 1. The Morgan fingerprint density at radius 2 is 0.869 bits per heavy atom. The summed E-state index contributed by atoms with van der Waals surface area (Å²) in [5.41, 5.74) is 13.0. The van der Waals surface area contributed by atoms with Gasteiger partial charge in [0.1, 0.15) is 5.65 Å². The second-order valence-electron chi connectivity index (χ2n) is 15.5.